The second-order valence-electron chi connectivity index (χ2n) is 7.11. The van der Waals surface area contributed by atoms with Crippen LogP contribution in [0.25, 0.3) is 0 Å². The van der Waals surface area contributed by atoms with E-state index in [9.17, 15) is 9.59 Å². The third-order valence-electron chi connectivity index (χ3n) is 4.75. The Kier molecular flexibility index (Phi) is 6.19. The molecule has 1 aromatic heterocycles. The minimum absolute atomic E-state index is 0.151. The maximum absolute atomic E-state index is 12.5. The second kappa shape index (κ2) is 8.77. The van der Waals surface area contributed by atoms with Gasteiger partial charge in [-0.15, -0.1) is 0 Å². The fourth-order valence-corrected chi connectivity index (χ4v) is 3.38. The molecule has 6 nitrogen and oxygen atoms in total. The van der Waals surface area contributed by atoms with Crippen molar-refractivity contribution in [3.8, 4) is 0 Å². The topological polar surface area (TPSA) is 80.3 Å². The molecule has 1 aliphatic heterocycles. The van der Waals surface area contributed by atoms with Crippen LogP contribution in [-0.2, 0) is 4.74 Å². The zero-order valence-corrected chi connectivity index (χ0v) is 15.6. The monoisotopic (exact) mass is 367 g/mol. The van der Waals surface area contributed by atoms with E-state index in [0.717, 1.165) is 13.0 Å². The highest BCUT2D eigenvalue weighted by atomic mass is 16.5. The van der Waals surface area contributed by atoms with Gasteiger partial charge in [0, 0.05) is 42.7 Å². The third kappa shape index (κ3) is 4.92. The number of ether oxygens (including phenoxy) is 1. The second-order valence-corrected chi connectivity index (χ2v) is 7.11. The lowest BCUT2D eigenvalue weighted by molar-refractivity contribution is 0.0533. The molecular formula is C21H25N3O3. The molecule has 0 bridgehead atoms. The van der Waals surface area contributed by atoms with Crippen molar-refractivity contribution in [3.05, 3.63) is 59.9 Å². The number of aromatic nitrogens is 1. The smallest absolute Gasteiger partial charge is 0.257 e. The maximum Gasteiger partial charge on any atom is 0.257 e. The molecule has 2 atom stereocenters. The molecule has 6 heteroatoms. The first-order valence-corrected chi connectivity index (χ1v) is 9.26. The number of anilines is 1. The molecule has 2 N–H and O–H groups in total. The normalized spacial score (nSPS) is 19.1. The fourth-order valence-electron chi connectivity index (χ4n) is 3.38. The Bertz CT molecular complexity index is 792. The predicted molar refractivity (Wildman–Crippen MR) is 104 cm³/mol. The molecule has 27 heavy (non-hydrogen) atoms. The Labute approximate surface area is 159 Å². The number of nitrogens with one attached hydrogen (secondary N) is 2. The number of amides is 2. The highest BCUT2D eigenvalue weighted by Gasteiger charge is 2.30. The summed E-state index contributed by atoms with van der Waals surface area (Å²) in [7, 11) is 0. The first-order valence-electron chi connectivity index (χ1n) is 9.26. The summed E-state index contributed by atoms with van der Waals surface area (Å²) in [6.45, 7) is 5.62. The van der Waals surface area contributed by atoms with Crippen LogP contribution in [0.3, 0.4) is 0 Å². The number of benzene rings is 1. The van der Waals surface area contributed by atoms with Gasteiger partial charge in [-0.25, -0.2) is 0 Å². The van der Waals surface area contributed by atoms with Crippen molar-refractivity contribution in [2.24, 2.45) is 11.8 Å². The Morgan fingerprint density at radius 3 is 2.74 bits per heavy atom. The fraction of sp³-hybridized carbons (Fsp3) is 0.381. The molecule has 2 aromatic rings. The molecular weight excluding hydrogens is 342 g/mol. The van der Waals surface area contributed by atoms with Crippen molar-refractivity contribution in [1.82, 2.24) is 10.3 Å². The molecule has 2 amide bonds. The van der Waals surface area contributed by atoms with Gasteiger partial charge in [-0.1, -0.05) is 19.9 Å². The largest absolute Gasteiger partial charge is 0.378 e. The Morgan fingerprint density at radius 1 is 1.19 bits per heavy atom. The average Bonchev–Trinajstić information content (AvgIpc) is 3.16. The van der Waals surface area contributed by atoms with E-state index >= 15 is 0 Å². The number of hydrogen-bond donors (Lipinski definition) is 2. The van der Waals surface area contributed by atoms with E-state index < -0.39 is 0 Å². The van der Waals surface area contributed by atoms with E-state index in [1.165, 1.54) is 6.20 Å². The predicted octanol–water partition coefficient (Wildman–Crippen LogP) is 3.12. The van der Waals surface area contributed by atoms with Crippen LogP contribution < -0.4 is 10.6 Å². The van der Waals surface area contributed by atoms with Crippen LogP contribution >= 0.6 is 0 Å². The Hall–Kier alpha value is -2.73. The van der Waals surface area contributed by atoms with E-state index in [4.69, 9.17) is 4.74 Å². The molecule has 0 unspecified atom stereocenters. The summed E-state index contributed by atoms with van der Waals surface area (Å²) < 4.78 is 5.77. The zero-order valence-electron chi connectivity index (χ0n) is 15.6. The van der Waals surface area contributed by atoms with Crippen molar-refractivity contribution >= 4 is 17.5 Å². The van der Waals surface area contributed by atoms with Gasteiger partial charge >= 0.3 is 0 Å². The SMILES string of the molecule is CC(C)[C@H]1OCC[C@H]1CNC(=O)c1cccc(NC(=O)c2cccnc2)c1. The van der Waals surface area contributed by atoms with Crippen LogP contribution in [0.15, 0.2) is 48.8 Å². The zero-order chi connectivity index (χ0) is 19.2. The average molecular weight is 367 g/mol. The van der Waals surface area contributed by atoms with E-state index in [1.807, 2.05) is 0 Å². The summed E-state index contributed by atoms with van der Waals surface area (Å²) in [5.74, 6) is 0.355. The number of hydrogen-bond acceptors (Lipinski definition) is 4. The lowest BCUT2D eigenvalue weighted by atomic mass is 9.93. The number of nitrogens with zero attached hydrogens (tertiary/aromatic N) is 1. The summed E-state index contributed by atoms with van der Waals surface area (Å²) >= 11 is 0. The van der Waals surface area contributed by atoms with E-state index in [-0.39, 0.29) is 17.9 Å². The van der Waals surface area contributed by atoms with Gasteiger partial charge in [0.25, 0.3) is 11.8 Å². The molecule has 1 aliphatic rings. The number of carbonyl (C=O) groups is 2. The molecule has 1 saturated heterocycles. The van der Waals surface area contributed by atoms with Crippen molar-refractivity contribution < 1.29 is 14.3 Å². The third-order valence-corrected chi connectivity index (χ3v) is 4.75. The highest BCUT2D eigenvalue weighted by molar-refractivity contribution is 6.04. The number of rotatable bonds is 6. The van der Waals surface area contributed by atoms with Gasteiger partial charge in [0.15, 0.2) is 0 Å². The molecule has 2 heterocycles. The molecule has 3 rings (SSSR count). The molecule has 0 saturated carbocycles. The number of carbonyl (C=O) groups excluding carboxylic acids is 2. The van der Waals surface area contributed by atoms with Gasteiger partial charge in [-0.05, 0) is 42.7 Å². The van der Waals surface area contributed by atoms with Crippen LogP contribution in [0.1, 0.15) is 41.0 Å². The van der Waals surface area contributed by atoms with Crippen LogP contribution in [0, 0.1) is 11.8 Å². The van der Waals surface area contributed by atoms with Gasteiger partial charge in [0.05, 0.1) is 11.7 Å². The summed E-state index contributed by atoms with van der Waals surface area (Å²) in [6.07, 6.45) is 4.27. The highest BCUT2D eigenvalue weighted by Crippen LogP contribution is 2.26. The van der Waals surface area contributed by atoms with Gasteiger partial charge in [0.1, 0.15) is 0 Å². The van der Waals surface area contributed by atoms with Crippen molar-refractivity contribution in [3.63, 3.8) is 0 Å². The minimum Gasteiger partial charge on any atom is -0.378 e. The minimum atomic E-state index is -0.261. The van der Waals surface area contributed by atoms with E-state index in [0.29, 0.717) is 35.2 Å². The van der Waals surface area contributed by atoms with Crippen LogP contribution in [0.5, 0.6) is 0 Å². The van der Waals surface area contributed by atoms with Crippen molar-refractivity contribution in [2.45, 2.75) is 26.4 Å². The first kappa shape index (κ1) is 19.0. The van der Waals surface area contributed by atoms with Crippen LogP contribution in [0.4, 0.5) is 5.69 Å². The van der Waals surface area contributed by atoms with Crippen molar-refractivity contribution in [2.75, 3.05) is 18.5 Å². The van der Waals surface area contributed by atoms with Crippen molar-refractivity contribution in [1.29, 1.82) is 0 Å². The molecule has 1 aromatic carbocycles. The molecule has 0 radical (unpaired) electrons. The molecule has 0 aliphatic carbocycles. The summed E-state index contributed by atoms with van der Waals surface area (Å²) in [4.78, 5) is 28.7. The molecule has 142 valence electrons. The molecule has 1 fully saturated rings. The van der Waals surface area contributed by atoms with E-state index in [2.05, 4.69) is 29.5 Å². The lowest BCUT2D eigenvalue weighted by Gasteiger charge is -2.22. The standard InChI is InChI=1S/C21H25N3O3/c1-14(2)19-16(8-10-27-19)13-23-20(25)15-5-3-7-18(11-15)24-21(26)17-6-4-9-22-12-17/h3-7,9,11-12,14,16,19H,8,10,13H2,1-2H3,(H,23,25)(H,24,26)/t16-,19+/m0/s1. The summed E-state index contributed by atoms with van der Waals surface area (Å²) in [6, 6.07) is 10.3. The van der Waals surface area contributed by atoms with Gasteiger partial charge in [-0.3, -0.25) is 14.6 Å². The van der Waals surface area contributed by atoms with Crippen LogP contribution in [-0.4, -0.2) is 36.1 Å². The molecule has 0 spiro atoms. The van der Waals surface area contributed by atoms with E-state index in [1.54, 1.807) is 42.6 Å². The number of pyridine rings is 1. The maximum atomic E-state index is 12.5. The van der Waals surface area contributed by atoms with Gasteiger partial charge in [0.2, 0.25) is 0 Å². The van der Waals surface area contributed by atoms with Gasteiger partial charge < -0.3 is 15.4 Å². The quantitative estimate of drug-likeness (QED) is 0.822. The van der Waals surface area contributed by atoms with Gasteiger partial charge in [-0.2, -0.15) is 0 Å². The lowest BCUT2D eigenvalue weighted by Crippen LogP contribution is -2.34. The summed E-state index contributed by atoms with van der Waals surface area (Å²) in [5.41, 5.74) is 1.55. The van der Waals surface area contributed by atoms with Crippen LogP contribution in [0.2, 0.25) is 0 Å². The summed E-state index contributed by atoms with van der Waals surface area (Å²) in [5, 5.41) is 5.79. The first-order chi connectivity index (χ1) is 13.0. The Balaban J connectivity index is 1.59. The Morgan fingerprint density at radius 2 is 2.00 bits per heavy atom.